The molecule has 0 radical (unpaired) electrons. The molecule has 1 saturated heterocycles. The first-order chi connectivity index (χ1) is 17.4. The molecule has 4 rings (SSSR count). The summed E-state index contributed by atoms with van der Waals surface area (Å²) in [6.45, 7) is 6.58. The van der Waals surface area contributed by atoms with Gasteiger partial charge in [0.1, 0.15) is 23.0 Å². The zero-order valence-electron chi connectivity index (χ0n) is 20.8. The van der Waals surface area contributed by atoms with Crippen molar-refractivity contribution in [3.63, 3.8) is 0 Å². The highest BCUT2D eigenvalue weighted by Gasteiger charge is 2.47. The van der Waals surface area contributed by atoms with Crippen LogP contribution in [0.25, 0.3) is 5.76 Å². The van der Waals surface area contributed by atoms with Crippen molar-refractivity contribution in [2.24, 2.45) is 0 Å². The van der Waals surface area contributed by atoms with Crippen LogP contribution in [-0.4, -0.2) is 37.1 Å². The number of amides is 1. The number of ketones is 1. The average Bonchev–Trinajstić information content (AvgIpc) is 3.15. The SMILES string of the molecule is CCOc1ccc(C2/C(=C(\O)c3ccc(OC)c(C)c3)C(=O)C(=O)N2c2cccc(OCC)c2)cc1. The summed E-state index contributed by atoms with van der Waals surface area (Å²) in [6.07, 6.45) is 0. The fraction of sp³-hybridized carbons (Fsp3) is 0.241. The van der Waals surface area contributed by atoms with Crippen LogP contribution >= 0.6 is 0 Å². The number of anilines is 1. The monoisotopic (exact) mass is 487 g/mol. The number of hydrogen-bond donors (Lipinski definition) is 1. The Morgan fingerprint density at radius 3 is 2.25 bits per heavy atom. The van der Waals surface area contributed by atoms with E-state index in [0.717, 1.165) is 5.56 Å². The van der Waals surface area contributed by atoms with Crippen LogP contribution in [0.5, 0.6) is 17.2 Å². The van der Waals surface area contributed by atoms with Gasteiger partial charge in [-0.15, -0.1) is 0 Å². The lowest BCUT2D eigenvalue weighted by atomic mass is 9.94. The molecule has 0 aromatic heterocycles. The topological polar surface area (TPSA) is 85.3 Å². The number of methoxy groups -OCH3 is 1. The van der Waals surface area contributed by atoms with E-state index < -0.39 is 17.7 Å². The Balaban J connectivity index is 1.90. The number of rotatable bonds is 8. The maximum atomic E-state index is 13.4. The molecule has 36 heavy (non-hydrogen) atoms. The van der Waals surface area contributed by atoms with Crippen LogP contribution in [0.1, 0.15) is 36.6 Å². The number of benzene rings is 3. The van der Waals surface area contributed by atoms with Crippen LogP contribution in [0, 0.1) is 6.92 Å². The number of carbonyl (C=O) groups excluding carboxylic acids is 2. The highest BCUT2D eigenvalue weighted by Crippen LogP contribution is 2.43. The summed E-state index contributed by atoms with van der Waals surface area (Å²) in [6, 6.07) is 18.4. The molecule has 1 fully saturated rings. The predicted molar refractivity (Wildman–Crippen MR) is 138 cm³/mol. The molecule has 1 amide bonds. The van der Waals surface area contributed by atoms with E-state index in [0.29, 0.717) is 47.3 Å². The summed E-state index contributed by atoms with van der Waals surface area (Å²) in [7, 11) is 1.57. The van der Waals surface area contributed by atoms with Gasteiger partial charge in [0, 0.05) is 17.3 Å². The van der Waals surface area contributed by atoms with Gasteiger partial charge in [-0.05, 0) is 74.4 Å². The van der Waals surface area contributed by atoms with Crippen molar-refractivity contribution >= 4 is 23.1 Å². The molecule has 3 aromatic carbocycles. The van der Waals surface area contributed by atoms with Crippen LogP contribution in [0.2, 0.25) is 0 Å². The summed E-state index contributed by atoms with van der Waals surface area (Å²) in [5.74, 6) is 0.163. The van der Waals surface area contributed by atoms with Crippen LogP contribution in [0.3, 0.4) is 0 Å². The fourth-order valence-electron chi connectivity index (χ4n) is 4.40. The average molecular weight is 488 g/mol. The van der Waals surface area contributed by atoms with E-state index in [9.17, 15) is 14.7 Å². The van der Waals surface area contributed by atoms with Gasteiger partial charge in [0.05, 0.1) is 31.9 Å². The van der Waals surface area contributed by atoms with Gasteiger partial charge in [-0.25, -0.2) is 0 Å². The summed E-state index contributed by atoms with van der Waals surface area (Å²) in [5.41, 5.74) is 2.37. The van der Waals surface area contributed by atoms with Crippen molar-refractivity contribution in [1.82, 2.24) is 0 Å². The predicted octanol–water partition coefficient (Wildman–Crippen LogP) is 5.43. The van der Waals surface area contributed by atoms with Crippen molar-refractivity contribution in [2.45, 2.75) is 26.8 Å². The molecule has 1 N–H and O–H groups in total. The van der Waals surface area contributed by atoms with Crippen molar-refractivity contribution in [1.29, 1.82) is 0 Å². The zero-order chi connectivity index (χ0) is 25.8. The van der Waals surface area contributed by atoms with Gasteiger partial charge in [0.2, 0.25) is 0 Å². The Kier molecular flexibility index (Phi) is 7.29. The second-order valence-electron chi connectivity index (χ2n) is 8.29. The van der Waals surface area contributed by atoms with E-state index in [1.807, 2.05) is 20.8 Å². The molecule has 0 spiro atoms. The molecule has 186 valence electrons. The summed E-state index contributed by atoms with van der Waals surface area (Å²) >= 11 is 0. The van der Waals surface area contributed by atoms with E-state index in [-0.39, 0.29) is 11.3 Å². The quantitative estimate of drug-likeness (QED) is 0.259. The maximum absolute atomic E-state index is 13.4. The molecular weight excluding hydrogens is 458 g/mol. The van der Waals surface area contributed by atoms with Crippen LogP contribution in [0.4, 0.5) is 5.69 Å². The Morgan fingerprint density at radius 1 is 0.917 bits per heavy atom. The number of nitrogens with zero attached hydrogens (tertiary/aromatic N) is 1. The van der Waals surface area contributed by atoms with Crippen LogP contribution in [0.15, 0.2) is 72.3 Å². The summed E-state index contributed by atoms with van der Waals surface area (Å²) in [5, 5.41) is 11.4. The number of ether oxygens (including phenoxy) is 3. The third kappa shape index (κ3) is 4.64. The molecule has 7 heteroatoms. The fourth-order valence-corrected chi connectivity index (χ4v) is 4.40. The highest BCUT2D eigenvalue weighted by molar-refractivity contribution is 6.51. The van der Waals surface area contributed by atoms with Gasteiger partial charge < -0.3 is 19.3 Å². The largest absolute Gasteiger partial charge is 0.507 e. The Bertz CT molecular complexity index is 1310. The minimum absolute atomic E-state index is 0.00976. The molecule has 7 nitrogen and oxygen atoms in total. The number of aryl methyl sites for hydroxylation is 1. The Hall–Kier alpha value is -4.26. The number of aliphatic hydroxyl groups is 1. The molecule has 0 bridgehead atoms. The Morgan fingerprint density at radius 2 is 1.61 bits per heavy atom. The minimum atomic E-state index is -0.847. The molecule has 1 unspecified atom stereocenters. The van der Waals surface area contributed by atoms with Crippen molar-refractivity contribution in [3.8, 4) is 17.2 Å². The zero-order valence-corrected chi connectivity index (χ0v) is 20.8. The van der Waals surface area contributed by atoms with Gasteiger partial charge in [0.15, 0.2) is 0 Å². The van der Waals surface area contributed by atoms with E-state index in [2.05, 4.69) is 0 Å². The lowest BCUT2D eigenvalue weighted by Crippen LogP contribution is -2.29. The molecule has 0 aliphatic carbocycles. The highest BCUT2D eigenvalue weighted by atomic mass is 16.5. The molecule has 0 saturated carbocycles. The van der Waals surface area contributed by atoms with E-state index in [1.54, 1.807) is 73.8 Å². The second-order valence-corrected chi connectivity index (χ2v) is 8.29. The van der Waals surface area contributed by atoms with E-state index in [1.165, 1.54) is 4.90 Å². The molecule has 1 aliphatic heterocycles. The van der Waals surface area contributed by atoms with Crippen molar-refractivity contribution in [2.75, 3.05) is 25.2 Å². The van der Waals surface area contributed by atoms with Crippen molar-refractivity contribution in [3.05, 3.63) is 89.0 Å². The lowest BCUT2D eigenvalue weighted by Gasteiger charge is -2.26. The molecule has 1 atom stereocenters. The first-order valence-electron chi connectivity index (χ1n) is 11.8. The first-order valence-corrected chi connectivity index (χ1v) is 11.8. The van der Waals surface area contributed by atoms with Crippen LogP contribution < -0.4 is 19.1 Å². The first kappa shape index (κ1) is 24.9. The molecule has 1 heterocycles. The number of carbonyl (C=O) groups is 2. The van der Waals surface area contributed by atoms with Gasteiger partial charge in [-0.1, -0.05) is 18.2 Å². The van der Waals surface area contributed by atoms with E-state index in [4.69, 9.17) is 14.2 Å². The molecule has 1 aliphatic rings. The van der Waals surface area contributed by atoms with Gasteiger partial charge >= 0.3 is 0 Å². The third-order valence-corrected chi connectivity index (χ3v) is 6.03. The molecule has 3 aromatic rings. The summed E-state index contributed by atoms with van der Waals surface area (Å²) in [4.78, 5) is 28.2. The lowest BCUT2D eigenvalue weighted by molar-refractivity contribution is -0.132. The number of aliphatic hydroxyl groups excluding tert-OH is 1. The summed E-state index contributed by atoms with van der Waals surface area (Å²) < 4.78 is 16.5. The number of Topliss-reactive ketones (excluding diaryl/α,β-unsaturated/α-hetero) is 1. The second kappa shape index (κ2) is 10.6. The maximum Gasteiger partial charge on any atom is 0.300 e. The minimum Gasteiger partial charge on any atom is -0.507 e. The smallest absolute Gasteiger partial charge is 0.300 e. The normalized spacial score (nSPS) is 16.8. The van der Waals surface area contributed by atoms with Crippen LogP contribution in [-0.2, 0) is 9.59 Å². The third-order valence-electron chi connectivity index (χ3n) is 6.03. The molecular formula is C29H29NO6. The van der Waals surface area contributed by atoms with Gasteiger partial charge in [-0.2, -0.15) is 0 Å². The van der Waals surface area contributed by atoms with Crippen molar-refractivity contribution < 1.29 is 28.9 Å². The Labute approximate surface area is 210 Å². The van der Waals surface area contributed by atoms with E-state index >= 15 is 0 Å². The standard InChI is InChI=1S/C29H29NO6/c1-5-35-22-13-10-19(11-14-22)26-25(27(31)20-12-15-24(34-4)18(3)16-20)28(32)29(33)30(26)21-8-7-9-23(17-21)36-6-2/h7-17,26,31H,5-6H2,1-4H3/b27-25+. The van der Waals surface area contributed by atoms with Gasteiger partial charge in [-0.3, -0.25) is 14.5 Å². The number of hydrogen-bond acceptors (Lipinski definition) is 6. The van der Waals surface area contributed by atoms with Gasteiger partial charge in [0.25, 0.3) is 11.7 Å².